The van der Waals surface area contributed by atoms with Crippen LogP contribution in [-0.4, -0.2) is 41.5 Å². The summed E-state index contributed by atoms with van der Waals surface area (Å²) in [6.45, 7) is 4.54. The Balaban J connectivity index is 0.00000133. The topological polar surface area (TPSA) is 48.1 Å². The minimum absolute atomic E-state index is 0. The molecule has 1 atom stereocenters. The molecule has 2 N–H and O–H groups in total. The zero-order chi connectivity index (χ0) is 12.5. The summed E-state index contributed by atoms with van der Waals surface area (Å²) >= 11 is 0. The summed E-state index contributed by atoms with van der Waals surface area (Å²) in [5.74, 6) is 0.125. The van der Waals surface area contributed by atoms with Crippen LogP contribution in [0.2, 0.25) is 0 Å². The van der Waals surface area contributed by atoms with E-state index >= 15 is 0 Å². The molecule has 0 radical (unpaired) electrons. The van der Waals surface area contributed by atoms with E-state index in [9.17, 15) is 4.79 Å². The standard InChI is InChI=1S/C14H17N3O.ClH/c1-10-9-17(7-6-15-10)14(18)12-3-2-11-4-5-16-13(11)8-12;/h2-5,8,10,15-16H,6-7,9H2,1H3;1H/t10-;/m1./s1. The molecule has 1 aliphatic rings. The Kier molecular flexibility index (Phi) is 4.12. The second kappa shape index (κ2) is 5.63. The SMILES string of the molecule is C[C@@H]1CN(C(=O)c2ccc3cc[nH]c3c2)CCN1.Cl. The molecule has 1 aromatic carbocycles. The first-order chi connectivity index (χ1) is 8.74. The predicted octanol–water partition coefficient (Wildman–Crippen LogP) is 2.02. The van der Waals surface area contributed by atoms with Crippen LogP contribution in [0.1, 0.15) is 17.3 Å². The maximum Gasteiger partial charge on any atom is 0.254 e. The van der Waals surface area contributed by atoms with Gasteiger partial charge in [-0.2, -0.15) is 0 Å². The van der Waals surface area contributed by atoms with Gasteiger partial charge in [0.25, 0.3) is 5.91 Å². The van der Waals surface area contributed by atoms with Crippen LogP contribution in [0, 0.1) is 0 Å². The van der Waals surface area contributed by atoms with Crippen molar-refractivity contribution >= 4 is 29.2 Å². The lowest BCUT2D eigenvalue weighted by Gasteiger charge is -2.32. The van der Waals surface area contributed by atoms with E-state index in [1.165, 1.54) is 0 Å². The highest BCUT2D eigenvalue weighted by Gasteiger charge is 2.21. The Bertz CT molecular complexity index is 581. The maximum absolute atomic E-state index is 12.4. The quantitative estimate of drug-likeness (QED) is 0.839. The van der Waals surface area contributed by atoms with Crippen molar-refractivity contribution in [1.29, 1.82) is 0 Å². The van der Waals surface area contributed by atoms with Gasteiger partial charge in [-0.05, 0) is 30.5 Å². The van der Waals surface area contributed by atoms with Gasteiger partial charge in [0.05, 0.1) is 0 Å². The molecule has 0 saturated carbocycles. The third kappa shape index (κ3) is 2.74. The van der Waals surface area contributed by atoms with Crippen LogP contribution < -0.4 is 5.32 Å². The molecule has 19 heavy (non-hydrogen) atoms. The summed E-state index contributed by atoms with van der Waals surface area (Å²) in [5, 5.41) is 4.48. The van der Waals surface area contributed by atoms with E-state index in [1.807, 2.05) is 35.4 Å². The largest absolute Gasteiger partial charge is 0.361 e. The number of nitrogens with one attached hydrogen (secondary N) is 2. The maximum atomic E-state index is 12.4. The molecule has 5 heteroatoms. The van der Waals surface area contributed by atoms with Crippen molar-refractivity contribution in [3.05, 3.63) is 36.0 Å². The molecule has 1 amide bonds. The first-order valence-corrected chi connectivity index (χ1v) is 6.34. The molecule has 1 saturated heterocycles. The fourth-order valence-corrected chi connectivity index (χ4v) is 2.48. The van der Waals surface area contributed by atoms with Crippen LogP contribution in [0.15, 0.2) is 30.5 Å². The first kappa shape index (κ1) is 13.9. The number of hydrogen-bond donors (Lipinski definition) is 2. The number of nitrogens with zero attached hydrogens (tertiary/aromatic N) is 1. The molecular weight excluding hydrogens is 262 g/mol. The highest BCUT2D eigenvalue weighted by atomic mass is 35.5. The van der Waals surface area contributed by atoms with Gasteiger partial charge in [-0.1, -0.05) is 6.07 Å². The Morgan fingerprint density at radius 3 is 3.00 bits per heavy atom. The molecule has 2 aromatic rings. The van der Waals surface area contributed by atoms with Gasteiger partial charge in [-0.25, -0.2) is 0 Å². The lowest BCUT2D eigenvalue weighted by atomic mass is 10.1. The van der Waals surface area contributed by atoms with E-state index in [0.29, 0.717) is 6.04 Å². The summed E-state index contributed by atoms with van der Waals surface area (Å²) in [6, 6.07) is 8.22. The van der Waals surface area contributed by atoms with E-state index in [0.717, 1.165) is 36.1 Å². The first-order valence-electron chi connectivity index (χ1n) is 6.34. The molecule has 2 heterocycles. The van der Waals surface area contributed by atoms with Crippen molar-refractivity contribution in [2.24, 2.45) is 0 Å². The molecule has 0 unspecified atom stereocenters. The number of H-pyrrole nitrogens is 1. The highest BCUT2D eigenvalue weighted by molar-refractivity contribution is 5.98. The molecule has 102 valence electrons. The fraction of sp³-hybridized carbons (Fsp3) is 0.357. The molecule has 0 bridgehead atoms. The lowest BCUT2D eigenvalue weighted by molar-refractivity contribution is 0.0709. The van der Waals surface area contributed by atoms with Crippen LogP contribution in [0.25, 0.3) is 10.9 Å². The van der Waals surface area contributed by atoms with Crippen molar-refractivity contribution < 1.29 is 4.79 Å². The number of hydrogen-bond acceptors (Lipinski definition) is 2. The van der Waals surface area contributed by atoms with Gasteiger partial charge in [0, 0.05) is 43.0 Å². The third-order valence-electron chi connectivity index (χ3n) is 3.46. The Hall–Kier alpha value is -1.52. The molecule has 1 aromatic heterocycles. The van der Waals surface area contributed by atoms with Crippen LogP contribution in [0.5, 0.6) is 0 Å². The molecule has 0 aliphatic carbocycles. The molecule has 3 rings (SSSR count). The molecule has 1 aliphatic heterocycles. The Morgan fingerprint density at radius 1 is 1.37 bits per heavy atom. The number of aromatic nitrogens is 1. The highest BCUT2D eigenvalue weighted by Crippen LogP contribution is 2.16. The number of carbonyl (C=O) groups excluding carboxylic acids is 1. The Labute approximate surface area is 118 Å². The smallest absolute Gasteiger partial charge is 0.254 e. The van der Waals surface area contributed by atoms with Gasteiger partial charge in [0.15, 0.2) is 0 Å². The summed E-state index contributed by atoms with van der Waals surface area (Å²) in [6.07, 6.45) is 1.89. The third-order valence-corrected chi connectivity index (χ3v) is 3.46. The van der Waals surface area contributed by atoms with Gasteiger partial charge < -0.3 is 15.2 Å². The van der Waals surface area contributed by atoms with Crippen molar-refractivity contribution in [1.82, 2.24) is 15.2 Å². The second-order valence-corrected chi connectivity index (χ2v) is 4.89. The van der Waals surface area contributed by atoms with Gasteiger partial charge in [-0.15, -0.1) is 12.4 Å². The van der Waals surface area contributed by atoms with Crippen LogP contribution in [0.4, 0.5) is 0 Å². The minimum atomic E-state index is 0. The fourth-order valence-electron chi connectivity index (χ4n) is 2.48. The minimum Gasteiger partial charge on any atom is -0.361 e. The summed E-state index contributed by atoms with van der Waals surface area (Å²) in [5.41, 5.74) is 1.78. The van der Waals surface area contributed by atoms with E-state index in [4.69, 9.17) is 0 Å². The van der Waals surface area contributed by atoms with Gasteiger partial charge in [-0.3, -0.25) is 4.79 Å². The van der Waals surface area contributed by atoms with Crippen molar-refractivity contribution in [2.75, 3.05) is 19.6 Å². The number of aromatic amines is 1. The van der Waals surface area contributed by atoms with Crippen LogP contribution in [-0.2, 0) is 0 Å². The molecule has 0 spiro atoms. The molecule has 1 fully saturated rings. The lowest BCUT2D eigenvalue weighted by Crippen LogP contribution is -2.51. The second-order valence-electron chi connectivity index (χ2n) is 4.89. The number of amides is 1. The van der Waals surface area contributed by atoms with Gasteiger partial charge >= 0.3 is 0 Å². The number of piperazine rings is 1. The monoisotopic (exact) mass is 279 g/mol. The molecular formula is C14H18ClN3O. The van der Waals surface area contributed by atoms with Crippen LogP contribution >= 0.6 is 12.4 Å². The average molecular weight is 280 g/mol. The number of fused-ring (bicyclic) bond motifs is 1. The predicted molar refractivity (Wildman–Crippen MR) is 78.9 cm³/mol. The summed E-state index contributed by atoms with van der Waals surface area (Å²) < 4.78 is 0. The number of carbonyl (C=O) groups is 1. The zero-order valence-electron chi connectivity index (χ0n) is 10.8. The van der Waals surface area contributed by atoms with E-state index in [1.54, 1.807) is 0 Å². The molecule has 4 nitrogen and oxygen atoms in total. The number of benzene rings is 1. The van der Waals surface area contributed by atoms with Crippen molar-refractivity contribution in [3.8, 4) is 0 Å². The number of halogens is 1. The van der Waals surface area contributed by atoms with E-state index < -0.39 is 0 Å². The Morgan fingerprint density at radius 2 is 2.21 bits per heavy atom. The van der Waals surface area contributed by atoms with Gasteiger partial charge in [0.1, 0.15) is 0 Å². The normalized spacial score (nSPS) is 19.2. The van der Waals surface area contributed by atoms with E-state index in [2.05, 4.69) is 17.2 Å². The van der Waals surface area contributed by atoms with Crippen LogP contribution in [0.3, 0.4) is 0 Å². The average Bonchev–Trinajstić information content (AvgIpc) is 2.85. The zero-order valence-corrected chi connectivity index (χ0v) is 11.7. The van der Waals surface area contributed by atoms with Crippen molar-refractivity contribution in [2.45, 2.75) is 13.0 Å². The van der Waals surface area contributed by atoms with Crippen molar-refractivity contribution in [3.63, 3.8) is 0 Å². The summed E-state index contributed by atoms with van der Waals surface area (Å²) in [4.78, 5) is 17.5. The summed E-state index contributed by atoms with van der Waals surface area (Å²) in [7, 11) is 0. The van der Waals surface area contributed by atoms with Gasteiger partial charge in [0.2, 0.25) is 0 Å². The van der Waals surface area contributed by atoms with E-state index in [-0.39, 0.29) is 18.3 Å². The number of rotatable bonds is 1.